The summed E-state index contributed by atoms with van der Waals surface area (Å²) >= 11 is 6.04. The molecule has 26 heavy (non-hydrogen) atoms. The molecule has 3 aromatic rings. The molecule has 0 saturated carbocycles. The maximum atomic E-state index is 12.2. The van der Waals surface area contributed by atoms with Gasteiger partial charge in [0, 0.05) is 17.6 Å². The van der Waals surface area contributed by atoms with Gasteiger partial charge in [-0.15, -0.1) is 0 Å². The number of anilines is 2. The molecule has 0 unspecified atom stereocenters. The van der Waals surface area contributed by atoms with E-state index in [1.165, 1.54) is 6.07 Å². The van der Waals surface area contributed by atoms with Gasteiger partial charge >= 0.3 is 6.03 Å². The Kier molecular flexibility index (Phi) is 5.16. The number of carbonyl (C=O) groups is 1. The fourth-order valence-electron chi connectivity index (χ4n) is 2.45. The average Bonchev–Trinajstić information content (AvgIpc) is 2.64. The van der Waals surface area contributed by atoms with Crippen molar-refractivity contribution >= 4 is 29.0 Å². The number of nitrogens with zero attached hydrogens (tertiary/aromatic N) is 2. The lowest BCUT2D eigenvalue weighted by Crippen LogP contribution is -2.19. The summed E-state index contributed by atoms with van der Waals surface area (Å²) in [6, 6.07) is 17.7. The second kappa shape index (κ2) is 7.68. The highest BCUT2D eigenvalue weighted by Crippen LogP contribution is 2.24. The van der Waals surface area contributed by atoms with Crippen molar-refractivity contribution in [1.82, 2.24) is 4.98 Å². The highest BCUT2D eigenvalue weighted by molar-refractivity contribution is 6.33. The summed E-state index contributed by atoms with van der Waals surface area (Å²) in [5.41, 5.74) is 4.48. The molecule has 0 radical (unpaired) electrons. The van der Waals surface area contributed by atoms with Crippen molar-refractivity contribution in [3.8, 4) is 17.2 Å². The van der Waals surface area contributed by atoms with Crippen LogP contribution in [-0.2, 0) is 0 Å². The zero-order chi connectivity index (χ0) is 18.5. The first-order chi connectivity index (χ1) is 12.5. The molecule has 0 spiro atoms. The van der Waals surface area contributed by atoms with Gasteiger partial charge in [-0.2, -0.15) is 5.26 Å². The molecule has 1 heterocycles. The minimum Gasteiger partial charge on any atom is -0.308 e. The lowest BCUT2D eigenvalue weighted by molar-refractivity contribution is 0.262. The number of aryl methyl sites for hydroxylation is 1. The van der Waals surface area contributed by atoms with E-state index in [1.807, 2.05) is 49.4 Å². The van der Waals surface area contributed by atoms with E-state index in [0.29, 0.717) is 22.0 Å². The van der Waals surface area contributed by atoms with Crippen LogP contribution in [0.3, 0.4) is 0 Å². The second-order valence-corrected chi connectivity index (χ2v) is 6.06. The number of hydrogen-bond donors (Lipinski definition) is 2. The van der Waals surface area contributed by atoms with Crippen LogP contribution in [0.5, 0.6) is 0 Å². The Labute approximate surface area is 156 Å². The molecule has 1 aromatic heterocycles. The van der Waals surface area contributed by atoms with Gasteiger partial charge in [0.15, 0.2) is 0 Å². The molecule has 128 valence electrons. The number of urea groups is 1. The summed E-state index contributed by atoms with van der Waals surface area (Å²) in [6.45, 7) is 1.94. The van der Waals surface area contributed by atoms with E-state index in [4.69, 9.17) is 16.9 Å². The Bertz CT molecular complexity index is 993. The second-order valence-electron chi connectivity index (χ2n) is 5.65. The number of hydrogen-bond acceptors (Lipinski definition) is 3. The predicted molar refractivity (Wildman–Crippen MR) is 103 cm³/mol. The van der Waals surface area contributed by atoms with Gasteiger partial charge in [-0.25, -0.2) is 4.79 Å². The standard InChI is InChI=1S/C20H15ClN4O/c1-13-10-16(8-9-23-13)15-3-5-17(6-4-15)24-20(26)25-19-11-14(12-22)2-7-18(19)21/h2-11H,1H3,(H2,24,25,26). The zero-order valence-corrected chi connectivity index (χ0v) is 14.7. The van der Waals surface area contributed by atoms with Crippen LogP contribution in [-0.4, -0.2) is 11.0 Å². The minimum atomic E-state index is -0.436. The molecule has 5 nitrogen and oxygen atoms in total. The lowest BCUT2D eigenvalue weighted by atomic mass is 10.1. The number of carbonyl (C=O) groups excluding carboxylic acids is 1. The third-order valence-corrected chi connectivity index (χ3v) is 4.05. The molecule has 6 heteroatoms. The van der Waals surface area contributed by atoms with Crippen LogP contribution < -0.4 is 10.6 Å². The van der Waals surface area contributed by atoms with Gasteiger partial charge in [-0.1, -0.05) is 23.7 Å². The van der Waals surface area contributed by atoms with Crippen molar-refractivity contribution in [2.75, 3.05) is 10.6 Å². The van der Waals surface area contributed by atoms with E-state index >= 15 is 0 Å². The third kappa shape index (κ3) is 4.18. The Morgan fingerprint density at radius 1 is 1.04 bits per heavy atom. The van der Waals surface area contributed by atoms with Crippen molar-refractivity contribution in [1.29, 1.82) is 5.26 Å². The number of benzene rings is 2. The smallest absolute Gasteiger partial charge is 0.308 e. The Balaban J connectivity index is 1.69. The maximum Gasteiger partial charge on any atom is 0.323 e. The molecule has 3 rings (SSSR count). The number of amides is 2. The highest BCUT2D eigenvalue weighted by atomic mass is 35.5. The maximum absolute atomic E-state index is 12.2. The third-order valence-electron chi connectivity index (χ3n) is 3.72. The van der Waals surface area contributed by atoms with Crippen LogP contribution in [0, 0.1) is 18.3 Å². The van der Waals surface area contributed by atoms with Crippen molar-refractivity contribution in [2.45, 2.75) is 6.92 Å². The number of rotatable bonds is 3. The fourth-order valence-corrected chi connectivity index (χ4v) is 2.61. The SMILES string of the molecule is Cc1cc(-c2ccc(NC(=O)Nc3cc(C#N)ccc3Cl)cc2)ccn1. The fraction of sp³-hybridized carbons (Fsp3) is 0.0500. The van der Waals surface area contributed by atoms with Crippen LogP contribution in [0.25, 0.3) is 11.1 Å². The molecule has 2 N–H and O–H groups in total. The first kappa shape index (κ1) is 17.5. The van der Waals surface area contributed by atoms with Crippen LogP contribution in [0.1, 0.15) is 11.3 Å². The van der Waals surface area contributed by atoms with Gasteiger partial charge in [-0.3, -0.25) is 4.98 Å². The van der Waals surface area contributed by atoms with Gasteiger partial charge < -0.3 is 10.6 Å². The largest absolute Gasteiger partial charge is 0.323 e. The summed E-state index contributed by atoms with van der Waals surface area (Å²) < 4.78 is 0. The average molecular weight is 363 g/mol. The number of nitriles is 1. The van der Waals surface area contributed by atoms with Crippen molar-refractivity contribution in [3.05, 3.63) is 77.1 Å². The van der Waals surface area contributed by atoms with E-state index in [-0.39, 0.29) is 0 Å². The first-order valence-corrected chi connectivity index (χ1v) is 8.24. The van der Waals surface area contributed by atoms with Crippen molar-refractivity contribution in [2.24, 2.45) is 0 Å². The summed E-state index contributed by atoms with van der Waals surface area (Å²) in [5, 5.41) is 14.7. The summed E-state index contributed by atoms with van der Waals surface area (Å²) in [6.07, 6.45) is 1.77. The van der Waals surface area contributed by atoms with Crippen LogP contribution in [0.4, 0.5) is 16.2 Å². The highest BCUT2D eigenvalue weighted by Gasteiger charge is 2.07. The number of nitrogens with one attached hydrogen (secondary N) is 2. The predicted octanol–water partition coefficient (Wildman–Crippen LogP) is 5.23. The number of halogens is 1. The minimum absolute atomic E-state index is 0.363. The molecule has 0 fully saturated rings. The van der Waals surface area contributed by atoms with Gasteiger partial charge in [0.05, 0.1) is 22.3 Å². The topological polar surface area (TPSA) is 77.8 Å². The zero-order valence-electron chi connectivity index (χ0n) is 14.0. The summed E-state index contributed by atoms with van der Waals surface area (Å²) in [7, 11) is 0. The van der Waals surface area contributed by atoms with E-state index < -0.39 is 6.03 Å². The van der Waals surface area contributed by atoms with E-state index in [1.54, 1.807) is 18.3 Å². The van der Waals surface area contributed by atoms with Gasteiger partial charge in [0.1, 0.15) is 0 Å². The molecular weight excluding hydrogens is 348 g/mol. The van der Waals surface area contributed by atoms with Crippen molar-refractivity contribution in [3.63, 3.8) is 0 Å². The number of aromatic nitrogens is 1. The Morgan fingerprint density at radius 2 is 1.81 bits per heavy atom. The van der Waals surface area contributed by atoms with Gasteiger partial charge in [0.25, 0.3) is 0 Å². The molecule has 0 aliphatic carbocycles. The van der Waals surface area contributed by atoms with Gasteiger partial charge in [0.2, 0.25) is 0 Å². The quantitative estimate of drug-likeness (QED) is 0.670. The van der Waals surface area contributed by atoms with E-state index in [0.717, 1.165) is 16.8 Å². The lowest BCUT2D eigenvalue weighted by Gasteiger charge is -2.10. The first-order valence-electron chi connectivity index (χ1n) is 7.86. The molecule has 0 aliphatic heterocycles. The monoisotopic (exact) mass is 362 g/mol. The van der Waals surface area contributed by atoms with Crippen LogP contribution >= 0.6 is 11.6 Å². The molecule has 0 aliphatic rings. The molecule has 0 bridgehead atoms. The van der Waals surface area contributed by atoms with E-state index in [2.05, 4.69) is 15.6 Å². The van der Waals surface area contributed by atoms with Gasteiger partial charge in [-0.05, 0) is 60.5 Å². The molecule has 0 atom stereocenters. The number of pyridine rings is 1. The molecular formula is C20H15ClN4O. The Morgan fingerprint density at radius 3 is 2.50 bits per heavy atom. The molecule has 2 amide bonds. The Hall–Kier alpha value is -3.36. The van der Waals surface area contributed by atoms with Crippen LogP contribution in [0.15, 0.2) is 60.8 Å². The molecule has 0 saturated heterocycles. The normalized spacial score (nSPS) is 10.0. The van der Waals surface area contributed by atoms with Crippen molar-refractivity contribution < 1.29 is 4.79 Å². The molecule has 2 aromatic carbocycles. The summed E-state index contributed by atoms with van der Waals surface area (Å²) in [4.78, 5) is 16.3. The summed E-state index contributed by atoms with van der Waals surface area (Å²) in [5.74, 6) is 0. The van der Waals surface area contributed by atoms with E-state index in [9.17, 15) is 4.79 Å². The van der Waals surface area contributed by atoms with Crippen LogP contribution in [0.2, 0.25) is 5.02 Å².